The predicted octanol–water partition coefficient (Wildman–Crippen LogP) is 2.45. The molecule has 0 fully saturated rings. The van der Waals surface area contributed by atoms with Gasteiger partial charge in [-0.3, -0.25) is 4.79 Å². The molecule has 1 N–H and O–H groups in total. The van der Waals surface area contributed by atoms with Crippen molar-refractivity contribution in [3.05, 3.63) is 24.3 Å². The number of aromatic nitrogens is 2. The lowest BCUT2D eigenvalue weighted by Gasteiger charge is -2.03. The van der Waals surface area contributed by atoms with E-state index in [1.54, 1.807) is 0 Å². The van der Waals surface area contributed by atoms with Crippen molar-refractivity contribution in [1.29, 1.82) is 0 Å². The molecule has 0 saturated heterocycles. The average Bonchev–Trinajstić information content (AvgIpc) is 2.63. The van der Waals surface area contributed by atoms with Crippen LogP contribution >= 0.6 is 11.6 Å². The molecule has 1 radical (unpaired) electrons. The lowest BCUT2D eigenvalue weighted by molar-refractivity contribution is 0.220. The molecule has 1 aromatic carbocycles. The molecule has 0 bridgehead atoms. The van der Waals surface area contributed by atoms with Crippen molar-refractivity contribution < 1.29 is 9.90 Å². The van der Waals surface area contributed by atoms with Crippen LogP contribution < -0.4 is 0 Å². The largest absolute Gasteiger partial charge is 0.489 e. The van der Waals surface area contributed by atoms with Crippen LogP contribution in [0.25, 0.3) is 11.0 Å². The van der Waals surface area contributed by atoms with Crippen molar-refractivity contribution in [3.8, 4) is 0 Å². The number of fused-ring (bicyclic) bond motifs is 1. The van der Waals surface area contributed by atoms with Gasteiger partial charge in [0.15, 0.2) is 5.16 Å². The van der Waals surface area contributed by atoms with Crippen molar-refractivity contribution in [1.82, 2.24) is 9.55 Å². The van der Waals surface area contributed by atoms with Gasteiger partial charge in [-0.1, -0.05) is 12.1 Å². The Bertz CT molecular complexity index is 527. The molecule has 4 nitrogen and oxygen atoms in total. The van der Waals surface area contributed by atoms with Gasteiger partial charge in [-0.25, -0.2) is 4.98 Å². The summed E-state index contributed by atoms with van der Waals surface area (Å²) in [6, 6.07) is 7.78. The summed E-state index contributed by atoms with van der Waals surface area (Å²) < 4.78 is 2.00. The first kappa shape index (κ1) is 11.1. The number of rotatable bonds is 4. The molecule has 0 aliphatic rings. The molecule has 0 saturated carbocycles. The van der Waals surface area contributed by atoms with Crippen molar-refractivity contribution >= 4 is 35.1 Å². The van der Waals surface area contributed by atoms with Crippen molar-refractivity contribution in [2.45, 2.75) is 18.6 Å². The minimum atomic E-state index is -0.945. The zero-order valence-electron chi connectivity index (χ0n) is 8.75. The van der Waals surface area contributed by atoms with Gasteiger partial charge < -0.3 is 9.67 Å². The van der Waals surface area contributed by atoms with Crippen LogP contribution in [0.15, 0.2) is 29.4 Å². The zero-order valence-corrected chi connectivity index (χ0v) is 9.57. The van der Waals surface area contributed by atoms with Gasteiger partial charge in [0.2, 0.25) is 0 Å². The van der Waals surface area contributed by atoms with Crippen molar-refractivity contribution in [3.63, 3.8) is 0 Å². The third-order valence-corrected chi connectivity index (χ3v) is 3.04. The number of para-hydroxylation sites is 2. The first-order valence-electron chi connectivity index (χ1n) is 4.90. The van der Waals surface area contributed by atoms with E-state index in [2.05, 4.69) is 4.98 Å². The van der Waals surface area contributed by atoms with Gasteiger partial charge >= 0.3 is 6.56 Å². The van der Waals surface area contributed by atoms with Crippen LogP contribution in [-0.2, 0) is 6.54 Å². The zero-order chi connectivity index (χ0) is 11.5. The van der Waals surface area contributed by atoms with E-state index in [0.717, 1.165) is 35.7 Å². The second-order valence-electron chi connectivity index (χ2n) is 3.20. The van der Waals surface area contributed by atoms with E-state index in [4.69, 9.17) is 5.11 Å². The van der Waals surface area contributed by atoms with Gasteiger partial charge in [-0.15, -0.1) is 11.6 Å². The van der Waals surface area contributed by atoms with E-state index < -0.39 is 5.87 Å². The van der Waals surface area contributed by atoms with Gasteiger partial charge in [-0.2, -0.15) is 0 Å². The van der Waals surface area contributed by atoms with Crippen LogP contribution in [0.4, 0.5) is 4.79 Å². The van der Waals surface area contributed by atoms with Gasteiger partial charge in [0.25, 0.3) is 5.87 Å². The van der Waals surface area contributed by atoms with Gasteiger partial charge in [0, 0.05) is 6.54 Å². The van der Waals surface area contributed by atoms with Crippen LogP contribution in [-0.4, -0.2) is 27.1 Å². The molecule has 0 unspecified atom stereocenters. The molecule has 0 atom stereocenters. The highest BCUT2D eigenvalue weighted by atomic mass is 32.2. The number of benzene rings is 1. The summed E-state index contributed by atoms with van der Waals surface area (Å²) in [5.41, 5.74) is 1.93. The van der Waals surface area contributed by atoms with E-state index in [0.29, 0.717) is 5.16 Å². The summed E-state index contributed by atoms with van der Waals surface area (Å²) in [7, 11) is 0. The van der Waals surface area contributed by atoms with Crippen LogP contribution in [0.3, 0.4) is 0 Å². The maximum atomic E-state index is 10.5. The van der Waals surface area contributed by atoms with E-state index in [-0.39, 0.29) is 0 Å². The molecule has 6 heteroatoms. The van der Waals surface area contributed by atoms with Crippen molar-refractivity contribution in [2.24, 2.45) is 0 Å². The fraction of sp³-hybridized carbons (Fsp3) is 0.200. The van der Waals surface area contributed by atoms with Gasteiger partial charge in [0.1, 0.15) is 0 Å². The lowest BCUT2D eigenvalue weighted by Crippen LogP contribution is -2.03. The Balaban J connectivity index is 2.40. The average molecular weight is 233 g/mol. The number of carboxylic acid groups (broad SMARTS) is 1. The number of carbonyl (C=O) groups is 1. The van der Waals surface area contributed by atoms with Crippen LogP contribution in [0.1, 0.15) is 6.92 Å². The Morgan fingerprint density at radius 1 is 1.56 bits per heavy atom. The normalized spacial score (nSPS) is 10.6. The topological polar surface area (TPSA) is 55.1 Å². The number of hydrogen-bond acceptors (Lipinski definition) is 3. The molecule has 81 valence electrons. The summed E-state index contributed by atoms with van der Waals surface area (Å²) in [4.78, 5) is 14.9. The fourth-order valence-corrected chi connectivity index (χ4v) is 2.26. The Morgan fingerprint density at radius 2 is 2.31 bits per heavy atom. The Morgan fingerprint density at radius 3 is 3.00 bits per heavy atom. The lowest BCUT2D eigenvalue weighted by atomic mass is 10.1. The highest BCUT2D eigenvalue weighted by molar-refractivity contribution is 8.24. The Hall–Kier alpha value is -1.43. The summed E-state index contributed by atoms with van der Waals surface area (Å²) in [5, 5.41) is 9.31. The van der Waals surface area contributed by atoms with E-state index in [1.807, 2.05) is 35.8 Å². The van der Waals surface area contributed by atoms with Crippen molar-refractivity contribution in [2.75, 3.05) is 0 Å². The molecule has 2 rings (SSSR count). The first-order chi connectivity index (χ1) is 7.72. The van der Waals surface area contributed by atoms with E-state index in [9.17, 15) is 4.79 Å². The van der Waals surface area contributed by atoms with E-state index >= 15 is 0 Å². The smallest absolute Gasteiger partial charge is 0.347 e. The molecule has 2 aromatic rings. The van der Waals surface area contributed by atoms with Crippen LogP contribution in [0.5, 0.6) is 0 Å². The Kier molecular flexibility index (Phi) is 3.19. The minimum absolute atomic E-state index is 0.714. The molecular formula is C10H10BN2O2S. The molecule has 1 aromatic heterocycles. The van der Waals surface area contributed by atoms with Gasteiger partial charge in [0.05, 0.1) is 11.0 Å². The standard InChI is InChI=1S/C10H10BN2O2S/c1-2-13-8-6-4-3-5-7(8)12-10(13)16-11-9(14)15/h3-6H,2H2,1H3,(H,14,15). The number of imidazole rings is 1. The summed E-state index contributed by atoms with van der Waals surface area (Å²) >= 11 is 1.13. The van der Waals surface area contributed by atoms with Crippen LogP contribution in [0, 0.1) is 0 Å². The second kappa shape index (κ2) is 4.61. The maximum Gasteiger partial charge on any atom is 0.347 e. The first-order valence-corrected chi connectivity index (χ1v) is 5.78. The Labute approximate surface area is 97.8 Å². The highest BCUT2D eigenvalue weighted by Crippen LogP contribution is 2.22. The predicted molar refractivity (Wildman–Crippen MR) is 65.0 cm³/mol. The molecule has 0 aliphatic heterocycles. The molecule has 0 spiro atoms. The maximum absolute atomic E-state index is 10.5. The third-order valence-electron chi connectivity index (χ3n) is 2.20. The molecule has 0 amide bonds. The molecule has 0 aliphatic carbocycles. The van der Waals surface area contributed by atoms with Crippen LogP contribution in [0.2, 0.25) is 0 Å². The summed E-state index contributed by atoms with van der Waals surface area (Å²) in [6.45, 7) is 3.93. The minimum Gasteiger partial charge on any atom is -0.489 e. The number of nitrogens with zero attached hydrogens (tertiary/aromatic N) is 2. The van der Waals surface area contributed by atoms with E-state index in [1.165, 1.54) is 0 Å². The van der Waals surface area contributed by atoms with Gasteiger partial charge in [-0.05, 0) is 19.1 Å². The monoisotopic (exact) mass is 233 g/mol. The highest BCUT2D eigenvalue weighted by Gasteiger charge is 2.11. The second-order valence-corrected chi connectivity index (χ2v) is 4.04. The molecule has 1 heterocycles. The number of hydrogen-bond donors (Lipinski definition) is 1. The quantitative estimate of drug-likeness (QED) is 0.824. The molecule has 16 heavy (non-hydrogen) atoms. The SMILES string of the molecule is CCn1c(S[B]C(=O)O)nc2ccccc21. The fourth-order valence-electron chi connectivity index (χ4n) is 1.55. The molecular weight excluding hydrogens is 223 g/mol. The third kappa shape index (κ3) is 2.06. The summed E-state index contributed by atoms with van der Waals surface area (Å²) in [6.07, 6.45) is 0. The summed E-state index contributed by atoms with van der Waals surface area (Å²) in [5.74, 6) is -0.945. The number of aryl methyl sites for hydroxylation is 1.